The van der Waals surface area contributed by atoms with Crippen LogP contribution in [-0.2, 0) is 0 Å². The maximum atomic E-state index is 11.9. The lowest BCUT2D eigenvalue weighted by Crippen LogP contribution is -2.26. The summed E-state index contributed by atoms with van der Waals surface area (Å²) >= 11 is 0. The lowest BCUT2D eigenvalue weighted by molar-refractivity contribution is 0.0945. The van der Waals surface area contributed by atoms with Crippen molar-refractivity contribution in [2.75, 3.05) is 27.2 Å². The van der Waals surface area contributed by atoms with Gasteiger partial charge in [-0.05, 0) is 44.3 Å². The third-order valence-electron chi connectivity index (χ3n) is 2.72. The van der Waals surface area contributed by atoms with Crippen molar-refractivity contribution in [3.05, 3.63) is 29.8 Å². The van der Waals surface area contributed by atoms with E-state index in [0.29, 0.717) is 6.54 Å². The van der Waals surface area contributed by atoms with Crippen LogP contribution in [0.1, 0.15) is 30.1 Å². The van der Waals surface area contributed by atoms with E-state index in [4.69, 9.17) is 4.74 Å². The van der Waals surface area contributed by atoms with Crippen molar-refractivity contribution in [2.45, 2.75) is 19.8 Å². The van der Waals surface area contributed by atoms with Crippen molar-refractivity contribution in [3.63, 3.8) is 0 Å². The molecule has 0 saturated heterocycles. The summed E-state index contributed by atoms with van der Waals surface area (Å²) < 4.78 is 5.06. The van der Waals surface area contributed by atoms with E-state index in [9.17, 15) is 4.79 Å². The van der Waals surface area contributed by atoms with Crippen LogP contribution in [0.5, 0.6) is 5.75 Å². The molecule has 0 unspecified atom stereocenters. The molecule has 0 bridgehead atoms. The quantitative estimate of drug-likeness (QED) is 0.680. The molecule has 0 aliphatic carbocycles. The molecule has 0 aliphatic heterocycles. The molecule has 1 aromatic rings. The van der Waals surface area contributed by atoms with Gasteiger partial charge in [-0.2, -0.15) is 0 Å². The predicted octanol–water partition coefficient (Wildman–Crippen LogP) is 2.61. The summed E-state index contributed by atoms with van der Waals surface area (Å²) in [5, 5.41) is 0. The monoisotopic (exact) mass is 235 g/mol. The Kier molecular flexibility index (Phi) is 5.70. The number of Topliss-reactive ketones (excluding diaryl/α,β-unsaturated/α-hetero) is 1. The first kappa shape index (κ1) is 13.7. The zero-order valence-electron chi connectivity index (χ0n) is 10.9. The van der Waals surface area contributed by atoms with Crippen molar-refractivity contribution in [1.29, 1.82) is 0 Å². The van der Waals surface area contributed by atoms with Gasteiger partial charge in [-0.3, -0.25) is 9.69 Å². The van der Waals surface area contributed by atoms with Crippen molar-refractivity contribution in [1.82, 2.24) is 4.90 Å². The van der Waals surface area contributed by atoms with E-state index in [1.165, 1.54) is 0 Å². The summed E-state index contributed by atoms with van der Waals surface area (Å²) in [6.07, 6.45) is 2.29. The average molecular weight is 235 g/mol. The van der Waals surface area contributed by atoms with Gasteiger partial charge in [0.05, 0.1) is 13.7 Å². The van der Waals surface area contributed by atoms with Crippen LogP contribution in [0.3, 0.4) is 0 Å². The fourth-order valence-corrected chi connectivity index (χ4v) is 1.62. The highest BCUT2D eigenvalue weighted by Crippen LogP contribution is 2.12. The van der Waals surface area contributed by atoms with E-state index in [1.54, 1.807) is 7.11 Å². The van der Waals surface area contributed by atoms with Crippen LogP contribution in [0.4, 0.5) is 0 Å². The van der Waals surface area contributed by atoms with Gasteiger partial charge in [-0.1, -0.05) is 13.3 Å². The van der Waals surface area contributed by atoms with Gasteiger partial charge < -0.3 is 4.74 Å². The molecule has 0 radical (unpaired) electrons. The standard InChI is InChI=1S/C14H21NO2/c1-4-5-10-15(2)11-14(16)12-6-8-13(17-3)9-7-12/h6-9H,4-5,10-11H2,1-3H3. The minimum absolute atomic E-state index is 0.159. The van der Waals surface area contributed by atoms with Gasteiger partial charge >= 0.3 is 0 Å². The minimum atomic E-state index is 0.159. The molecule has 0 saturated carbocycles. The Hall–Kier alpha value is -1.35. The molecule has 0 aromatic heterocycles. The molecule has 1 rings (SSSR count). The largest absolute Gasteiger partial charge is 0.497 e. The SMILES string of the molecule is CCCCN(C)CC(=O)c1ccc(OC)cc1. The molecular formula is C14H21NO2. The van der Waals surface area contributed by atoms with E-state index >= 15 is 0 Å². The number of benzene rings is 1. The van der Waals surface area contributed by atoms with Crippen LogP contribution >= 0.6 is 0 Å². The van der Waals surface area contributed by atoms with Gasteiger partial charge in [-0.15, -0.1) is 0 Å². The molecule has 0 N–H and O–H groups in total. The average Bonchev–Trinajstić information content (AvgIpc) is 2.36. The number of methoxy groups -OCH3 is 1. The highest BCUT2D eigenvalue weighted by molar-refractivity contribution is 5.97. The van der Waals surface area contributed by atoms with Crippen LogP contribution in [0.15, 0.2) is 24.3 Å². The lowest BCUT2D eigenvalue weighted by Gasteiger charge is -2.15. The number of carbonyl (C=O) groups is 1. The number of hydrogen-bond acceptors (Lipinski definition) is 3. The molecule has 0 heterocycles. The Bertz CT molecular complexity index is 346. The second kappa shape index (κ2) is 7.07. The van der Waals surface area contributed by atoms with Crippen LogP contribution in [-0.4, -0.2) is 37.9 Å². The van der Waals surface area contributed by atoms with Crippen LogP contribution < -0.4 is 4.74 Å². The molecular weight excluding hydrogens is 214 g/mol. The molecule has 1 aromatic carbocycles. The summed E-state index contributed by atoms with van der Waals surface area (Å²) in [5.74, 6) is 0.937. The van der Waals surface area contributed by atoms with E-state index < -0.39 is 0 Å². The Labute approximate surface area is 103 Å². The number of nitrogens with zero attached hydrogens (tertiary/aromatic N) is 1. The number of hydrogen-bond donors (Lipinski definition) is 0. The minimum Gasteiger partial charge on any atom is -0.497 e. The Morgan fingerprint density at radius 3 is 2.47 bits per heavy atom. The molecule has 17 heavy (non-hydrogen) atoms. The third-order valence-corrected chi connectivity index (χ3v) is 2.72. The lowest BCUT2D eigenvalue weighted by atomic mass is 10.1. The second-order valence-electron chi connectivity index (χ2n) is 4.24. The first-order chi connectivity index (χ1) is 8.17. The number of unbranched alkanes of at least 4 members (excludes halogenated alkanes) is 1. The summed E-state index contributed by atoms with van der Waals surface area (Å²) in [6, 6.07) is 7.27. The van der Waals surface area contributed by atoms with Crippen LogP contribution in [0, 0.1) is 0 Å². The number of ketones is 1. The maximum absolute atomic E-state index is 11.9. The number of ether oxygens (including phenoxy) is 1. The molecule has 3 heteroatoms. The van der Waals surface area contributed by atoms with Crippen molar-refractivity contribution >= 4 is 5.78 Å². The Morgan fingerprint density at radius 2 is 1.94 bits per heavy atom. The third kappa shape index (κ3) is 4.57. The van der Waals surface area contributed by atoms with Crippen LogP contribution in [0.25, 0.3) is 0 Å². The molecule has 0 fully saturated rings. The molecule has 0 aliphatic rings. The van der Waals surface area contributed by atoms with Crippen molar-refractivity contribution in [2.24, 2.45) is 0 Å². The first-order valence-electron chi connectivity index (χ1n) is 6.03. The van der Waals surface area contributed by atoms with Gasteiger partial charge in [0, 0.05) is 5.56 Å². The molecule has 0 amide bonds. The molecule has 94 valence electrons. The maximum Gasteiger partial charge on any atom is 0.176 e. The van der Waals surface area contributed by atoms with Gasteiger partial charge in [0.2, 0.25) is 0 Å². The van der Waals surface area contributed by atoms with Gasteiger partial charge in [0.25, 0.3) is 0 Å². The fraction of sp³-hybridized carbons (Fsp3) is 0.500. The number of likely N-dealkylation sites (N-methyl/N-ethyl adjacent to an activating group) is 1. The summed E-state index contributed by atoms with van der Waals surface area (Å²) in [7, 11) is 3.60. The van der Waals surface area contributed by atoms with E-state index in [-0.39, 0.29) is 5.78 Å². The van der Waals surface area contributed by atoms with E-state index in [2.05, 4.69) is 11.8 Å². The number of carbonyl (C=O) groups excluding carboxylic acids is 1. The van der Waals surface area contributed by atoms with Crippen molar-refractivity contribution < 1.29 is 9.53 Å². The Morgan fingerprint density at radius 1 is 1.29 bits per heavy atom. The number of rotatable bonds is 7. The van der Waals surface area contributed by atoms with Gasteiger partial charge in [0.1, 0.15) is 5.75 Å². The summed E-state index contributed by atoms with van der Waals surface area (Å²) in [4.78, 5) is 14.0. The zero-order valence-corrected chi connectivity index (χ0v) is 10.9. The first-order valence-corrected chi connectivity index (χ1v) is 6.03. The van der Waals surface area contributed by atoms with Gasteiger partial charge in [-0.25, -0.2) is 0 Å². The highest BCUT2D eigenvalue weighted by Gasteiger charge is 2.08. The summed E-state index contributed by atoms with van der Waals surface area (Å²) in [6.45, 7) is 3.60. The normalized spacial score (nSPS) is 10.6. The topological polar surface area (TPSA) is 29.5 Å². The van der Waals surface area contributed by atoms with Crippen LogP contribution in [0.2, 0.25) is 0 Å². The smallest absolute Gasteiger partial charge is 0.176 e. The zero-order chi connectivity index (χ0) is 12.7. The summed E-state index contributed by atoms with van der Waals surface area (Å²) in [5.41, 5.74) is 0.745. The molecule has 0 spiro atoms. The van der Waals surface area contributed by atoms with E-state index in [1.807, 2.05) is 31.3 Å². The predicted molar refractivity (Wildman–Crippen MR) is 69.7 cm³/mol. The van der Waals surface area contributed by atoms with E-state index in [0.717, 1.165) is 30.7 Å². The van der Waals surface area contributed by atoms with Crippen molar-refractivity contribution in [3.8, 4) is 5.75 Å². The molecule has 3 nitrogen and oxygen atoms in total. The fourth-order valence-electron chi connectivity index (χ4n) is 1.62. The highest BCUT2D eigenvalue weighted by atomic mass is 16.5. The second-order valence-corrected chi connectivity index (χ2v) is 4.24. The molecule has 0 atom stereocenters. The van der Waals surface area contributed by atoms with Gasteiger partial charge in [0.15, 0.2) is 5.78 Å². The Balaban J connectivity index is 2.51.